The Kier molecular flexibility index (Phi) is 2.59. The van der Waals surface area contributed by atoms with Crippen molar-refractivity contribution in [2.45, 2.75) is 26.2 Å². The van der Waals surface area contributed by atoms with Crippen molar-refractivity contribution in [3.05, 3.63) is 28.3 Å². The molecule has 1 N–H and O–H groups in total. The van der Waals surface area contributed by atoms with Gasteiger partial charge >= 0.3 is 0 Å². The molecule has 0 aliphatic heterocycles. The van der Waals surface area contributed by atoms with Gasteiger partial charge in [-0.05, 0) is 43.2 Å². The second-order valence-corrected chi connectivity index (χ2v) is 5.27. The van der Waals surface area contributed by atoms with Crippen molar-refractivity contribution in [1.82, 2.24) is 9.97 Å². The molecule has 1 aliphatic rings. The minimum atomic E-state index is 0.877. The van der Waals surface area contributed by atoms with Crippen LogP contribution in [0, 0.1) is 6.92 Å². The summed E-state index contributed by atoms with van der Waals surface area (Å²) in [6.07, 6.45) is 3.39. The molecule has 1 aliphatic carbocycles. The third-order valence-electron chi connectivity index (χ3n) is 3.24. The maximum absolute atomic E-state index is 4.72. The number of nitrogens with zero attached hydrogens (tertiary/aromatic N) is 2. The molecule has 3 nitrogen and oxygen atoms in total. The average Bonchev–Trinajstić information content (AvgIpc) is 2.95. The van der Waals surface area contributed by atoms with Crippen molar-refractivity contribution >= 4 is 17.2 Å². The molecular weight excluding hydrogens is 230 g/mol. The van der Waals surface area contributed by atoms with Crippen LogP contribution in [0.25, 0.3) is 10.7 Å². The summed E-state index contributed by atoms with van der Waals surface area (Å²) in [5.74, 6) is 1.89. The summed E-state index contributed by atoms with van der Waals surface area (Å²) in [5.41, 5.74) is 3.80. The van der Waals surface area contributed by atoms with Crippen molar-refractivity contribution in [3.8, 4) is 10.7 Å². The van der Waals surface area contributed by atoms with Crippen LogP contribution in [0.3, 0.4) is 0 Å². The SMILES string of the molecule is CNc1nc(-c2sccc2C)nc2c1CCC2. The Bertz CT molecular complexity index is 560. The molecule has 2 heterocycles. The zero-order valence-electron chi connectivity index (χ0n) is 10.1. The first-order valence-corrected chi connectivity index (χ1v) is 6.79. The van der Waals surface area contributed by atoms with E-state index in [4.69, 9.17) is 4.98 Å². The molecule has 0 radical (unpaired) electrons. The molecule has 2 aromatic heterocycles. The first-order valence-electron chi connectivity index (χ1n) is 5.91. The summed E-state index contributed by atoms with van der Waals surface area (Å²) in [4.78, 5) is 10.6. The molecular formula is C13H15N3S. The quantitative estimate of drug-likeness (QED) is 0.883. The predicted octanol–water partition coefficient (Wildman–Crippen LogP) is 3.04. The number of thiophene rings is 1. The van der Waals surface area contributed by atoms with E-state index >= 15 is 0 Å². The van der Waals surface area contributed by atoms with Gasteiger partial charge in [-0.15, -0.1) is 11.3 Å². The summed E-state index contributed by atoms with van der Waals surface area (Å²) < 4.78 is 0. The maximum Gasteiger partial charge on any atom is 0.172 e. The van der Waals surface area contributed by atoms with Gasteiger partial charge in [0.1, 0.15) is 5.82 Å². The van der Waals surface area contributed by atoms with Gasteiger partial charge < -0.3 is 5.32 Å². The summed E-state index contributed by atoms with van der Waals surface area (Å²) in [6.45, 7) is 2.11. The Morgan fingerprint density at radius 1 is 1.29 bits per heavy atom. The summed E-state index contributed by atoms with van der Waals surface area (Å²) in [5, 5.41) is 5.30. The molecule has 2 aromatic rings. The Balaban J connectivity index is 2.16. The molecule has 0 fully saturated rings. The maximum atomic E-state index is 4.72. The molecule has 17 heavy (non-hydrogen) atoms. The molecule has 0 amide bonds. The second-order valence-electron chi connectivity index (χ2n) is 4.36. The smallest absolute Gasteiger partial charge is 0.172 e. The number of anilines is 1. The molecule has 88 valence electrons. The lowest BCUT2D eigenvalue weighted by Crippen LogP contribution is -2.03. The van der Waals surface area contributed by atoms with Crippen LogP contribution in [-0.2, 0) is 12.8 Å². The van der Waals surface area contributed by atoms with E-state index in [1.165, 1.54) is 28.1 Å². The van der Waals surface area contributed by atoms with Crippen molar-refractivity contribution in [1.29, 1.82) is 0 Å². The predicted molar refractivity (Wildman–Crippen MR) is 71.7 cm³/mol. The monoisotopic (exact) mass is 245 g/mol. The van der Waals surface area contributed by atoms with E-state index in [0.717, 1.165) is 24.5 Å². The molecule has 3 rings (SSSR count). The number of hydrogen-bond acceptors (Lipinski definition) is 4. The lowest BCUT2D eigenvalue weighted by Gasteiger charge is -2.09. The van der Waals surface area contributed by atoms with E-state index < -0.39 is 0 Å². The number of aromatic nitrogens is 2. The zero-order valence-corrected chi connectivity index (χ0v) is 10.9. The highest BCUT2D eigenvalue weighted by molar-refractivity contribution is 7.13. The van der Waals surface area contributed by atoms with Gasteiger partial charge in [-0.1, -0.05) is 0 Å². The highest BCUT2D eigenvalue weighted by atomic mass is 32.1. The van der Waals surface area contributed by atoms with Crippen LogP contribution in [0.2, 0.25) is 0 Å². The third kappa shape index (κ3) is 1.72. The van der Waals surface area contributed by atoms with Gasteiger partial charge in [0.2, 0.25) is 0 Å². The Hall–Kier alpha value is -1.42. The lowest BCUT2D eigenvalue weighted by molar-refractivity contribution is 0.900. The van der Waals surface area contributed by atoms with Crippen molar-refractivity contribution in [2.24, 2.45) is 0 Å². The van der Waals surface area contributed by atoms with E-state index in [9.17, 15) is 0 Å². The second kappa shape index (κ2) is 4.11. The largest absolute Gasteiger partial charge is 0.373 e. The van der Waals surface area contributed by atoms with Gasteiger partial charge in [0.15, 0.2) is 5.82 Å². The molecule has 4 heteroatoms. The van der Waals surface area contributed by atoms with Gasteiger partial charge in [0, 0.05) is 18.3 Å². The van der Waals surface area contributed by atoms with Gasteiger partial charge in [0.25, 0.3) is 0 Å². The number of nitrogens with one attached hydrogen (secondary N) is 1. The standard InChI is InChI=1S/C13H15N3S/c1-8-6-7-17-11(8)13-15-10-5-3-4-9(10)12(14-2)16-13/h6-7H,3-5H2,1-2H3,(H,14,15,16). The lowest BCUT2D eigenvalue weighted by atomic mass is 10.2. The fourth-order valence-corrected chi connectivity index (χ4v) is 3.20. The molecule has 0 aromatic carbocycles. The van der Waals surface area contributed by atoms with Crippen LogP contribution >= 0.6 is 11.3 Å². The van der Waals surface area contributed by atoms with Crippen LogP contribution in [-0.4, -0.2) is 17.0 Å². The van der Waals surface area contributed by atoms with Crippen molar-refractivity contribution < 1.29 is 0 Å². The Morgan fingerprint density at radius 3 is 2.88 bits per heavy atom. The number of hydrogen-bond donors (Lipinski definition) is 1. The molecule has 0 atom stereocenters. The molecule has 0 spiro atoms. The highest BCUT2D eigenvalue weighted by Crippen LogP contribution is 2.32. The van der Waals surface area contributed by atoms with E-state index in [1.54, 1.807) is 11.3 Å². The van der Waals surface area contributed by atoms with Crippen LogP contribution in [0.5, 0.6) is 0 Å². The summed E-state index contributed by atoms with van der Waals surface area (Å²) in [6, 6.07) is 2.12. The van der Waals surface area contributed by atoms with Crippen molar-refractivity contribution in [3.63, 3.8) is 0 Å². The minimum Gasteiger partial charge on any atom is -0.373 e. The Morgan fingerprint density at radius 2 is 2.18 bits per heavy atom. The Labute approximate surface area is 105 Å². The number of aryl methyl sites for hydroxylation is 2. The first kappa shape index (κ1) is 10.7. The normalized spacial score (nSPS) is 13.8. The number of rotatable bonds is 2. The van der Waals surface area contributed by atoms with Gasteiger partial charge in [-0.2, -0.15) is 0 Å². The van der Waals surface area contributed by atoms with E-state index in [2.05, 4.69) is 28.7 Å². The first-order chi connectivity index (χ1) is 8.29. The average molecular weight is 245 g/mol. The summed E-state index contributed by atoms with van der Waals surface area (Å²) >= 11 is 1.71. The number of fused-ring (bicyclic) bond motifs is 1. The van der Waals surface area contributed by atoms with Gasteiger partial charge in [0.05, 0.1) is 4.88 Å². The van der Waals surface area contributed by atoms with E-state index in [0.29, 0.717) is 0 Å². The fraction of sp³-hybridized carbons (Fsp3) is 0.385. The van der Waals surface area contributed by atoms with Crippen LogP contribution in [0.1, 0.15) is 23.2 Å². The van der Waals surface area contributed by atoms with Crippen LogP contribution < -0.4 is 5.32 Å². The van der Waals surface area contributed by atoms with E-state index in [-0.39, 0.29) is 0 Å². The molecule has 0 saturated carbocycles. The van der Waals surface area contributed by atoms with Crippen molar-refractivity contribution in [2.75, 3.05) is 12.4 Å². The molecule has 0 saturated heterocycles. The van der Waals surface area contributed by atoms with Crippen LogP contribution in [0.15, 0.2) is 11.4 Å². The molecule has 0 unspecified atom stereocenters. The third-order valence-corrected chi connectivity index (χ3v) is 4.25. The topological polar surface area (TPSA) is 37.8 Å². The van der Waals surface area contributed by atoms with Gasteiger partial charge in [-0.3, -0.25) is 0 Å². The highest BCUT2D eigenvalue weighted by Gasteiger charge is 2.20. The fourth-order valence-electron chi connectivity index (χ4n) is 2.34. The van der Waals surface area contributed by atoms with Crippen LogP contribution in [0.4, 0.5) is 5.82 Å². The molecule has 0 bridgehead atoms. The summed E-state index contributed by atoms with van der Waals surface area (Å²) in [7, 11) is 1.94. The minimum absolute atomic E-state index is 0.877. The van der Waals surface area contributed by atoms with Gasteiger partial charge in [-0.25, -0.2) is 9.97 Å². The van der Waals surface area contributed by atoms with E-state index in [1.807, 2.05) is 7.05 Å². The zero-order chi connectivity index (χ0) is 11.8.